The summed E-state index contributed by atoms with van der Waals surface area (Å²) in [5.74, 6) is -0.491. The van der Waals surface area contributed by atoms with Crippen molar-refractivity contribution in [3.8, 4) is 0 Å². The van der Waals surface area contributed by atoms with Crippen molar-refractivity contribution in [2.75, 3.05) is 6.61 Å². The van der Waals surface area contributed by atoms with Gasteiger partial charge in [-0.2, -0.15) is 5.06 Å². The van der Waals surface area contributed by atoms with Gasteiger partial charge >= 0.3 is 5.97 Å². The van der Waals surface area contributed by atoms with Gasteiger partial charge in [0.15, 0.2) is 11.4 Å². The van der Waals surface area contributed by atoms with E-state index in [0.717, 1.165) is 0 Å². The Bertz CT molecular complexity index is 669. The highest BCUT2D eigenvalue weighted by molar-refractivity contribution is 6.11. The van der Waals surface area contributed by atoms with Crippen LogP contribution >= 0.6 is 0 Å². The molecule has 2 atom stereocenters. The van der Waals surface area contributed by atoms with Gasteiger partial charge in [-0.3, -0.25) is 14.4 Å². The molecule has 2 aliphatic rings. The zero-order chi connectivity index (χ0) is 17.8. The summed E-state index contributed by atoms with van der Waals surface area (Å²) in [5.41, 5.74) is -2.19. The van der Waals surface area contributed by atoms with E-state index in [0.29, 0.717) is 12.0 Å². The summed E-state index contributed by atoms with van der Waals surface area (Å²) in [7, 11) is 0. The van der Waals surface area contributed by atoms with Crippen LogP contribution in [0.25, 0.3) is 0 Å². The number of carbonyl (C=O) groups is 2. The normalized spacial score (nSPS) is 30.9. The number of carbonyl (C=O) groups excluding carboxylic acids is 2. The first-order valence-electron chi connectivity index (χ1n) is 8.50. The van der Waals surface area contributed by atoms with Gasteiger partial charge in [0.05, 0.1) is 12.1 Å². The van der Waals surface area contributed by atoms with E-state index < -0.39 is 16.6 Å². The molecule has 0 unspecified atom stereocenters. The zero-order valence-corrected chi connectivity index (χ0v) is 15.0. The highest BCUT2D eigenvalue weighted by atomic mass is 16.7. The summed E-state index contributed by atoms with van der Waals surface area (Å²) >= 11 is 0. The number of hydroxylamine groups is 2. The molecule has 0 N–H and O–H groups in total. The number of ketones is 1. The Morgan fingerprint density at radius 1 is 1.25 bits per heavy atom. The second-order valence-corrected chi connectivity index (χ2v) is 7.39. The van der Waals surface area contributed by atoms with Crippen molar-refractivity contribution >= 4 is 11.8 Å². The molecule has 0 spiro atoms. The summed E-state index contributed by atoms with van der Waals surface area (Å²) < 4.78 is 5.35. The molecule has 1 aliphatic carbocycles. The van der Waals surface area contributed by atoms with E-state index in [9.17, 15) is 9.59 Å². The number of fused-ring (bicyclic) bond motifs is 1. The fourth-order valence-corrected chi connectivity index (χ4v) is 4.25. The maximum absolute atomic E-state index is 13.2. The van der Waals surface area contributed by atoms with Crippen LogP contribution in [0.3, 0.4) is 0 Å². The molecule has 0 amide bonds. The van der Waals surface area contributed by atoms with Crippen LogP contribution in [-0.4, -0.2) is 40.6 Å². The van der Waals surface area contributed by atoms with Crippen molar-refractivity contribution in [1.82, 2.24) is 5.06 Å². The highest BCUT2D eigenvalue weighted by Gasteiger charge is 2.89. The lowest BCUT2D eigenvalue weighted by Crippen LogP contribution is -2.51. The van der Waals surface area contributed by atoms with Crippen LogP contribution in [0.1, 0.15) is 51.4 Å². The number of rotatable bonds is 5. The van der Waals surface area contributed by atoms with Gasteiger partial charge in [-0.15, -0.1) is 0 Å². The van der Waals surface area contributed by atoms with Crippen LogP contribution in [0, 0.1) is 5.41 Å². The van der Waals surface area contributed by atoms with Gasteiger partial charge in [-0.25, -0.2) is 0 Å². The number of esters is 1. The third kappa shape index (κ3) is 1.94. The van der Waals surface area contributed by atoms with E-state index in [4.69, 9.17) is 9.57 Å². The van der Waals surface area contributed by atoms with E-state index >= 15 is 0 Å². The fourth-order valence-electron chi connectivity index (χ4n) is 4.25. The Morgan fingerprint density at radius 3 is 2.42 bits per heavy atom. The van der Waals surface area contributed by atoms with Gasteiger partial charge in [0.25, 0.3) is 0 Å². The molecule has 0 radical (unpaired) electrons. The summed E-state index contributed by atoms with van der Waals surface area (Å²) in [6.07, 6.45) is 0.364. The van der Waals surface area contributed by atoms with Crippen molar-refractivity contribution in [2.24, 2.45) is 5.41 Å². The lowest BCUT2D eigenvalue weighted by Gasteiger charge is -2.38. The van der Waals surface area contributed by atoms with E-state index in [1.165, 1.54) is 0 Å². The van der Waals surface area contributed by atoms with Gasteiger partial charge in [0, 0.05) is 18.0 Å². The van der Waals surface area contributed by atoms with Gasteiger partial charge < -0.3 is 4.74 Å². The van der Waals surface area contributed by atoms with Crippen LogP contribution in [0.4, 0.5) is 0 Å². The third-order valence-corrected chi connectivity index (χ3v) is 5.42. The van der Waals surface area contributed by atoms with Crippen molar-refractivity contribution in [2.45, 2.75) is 58.2 Å². The number of ether oxygens (including phenoxy) is 1. The molecule has 3 rings (SSSR count). The number of benzene rings is 1. The third-order valence-electron chi connectivity index (χ3n) is 5.42. The Hall–Kier alpha value is -1.72. The van der Waals surface area contributed by atoms with Crippen LogP contribution in [0.2, 0.25) is 0 Å². The van der Waals surface area contributed by atoms with Crippen molar-refractivity contribution in [3.63, 3.8) is 0 Å². The Labute approximate surface area is 142 Å². The number of hydrogen-bond acceptors (Lipinski definition) is 5. The second kappa shape index (κ2) is 5.39. The topological polar surface area (TPSA) is 55.8 Å². The standard InChI is InChI=1S/C19H25NO4/c1-6-23-16(22)18-12-19(18,15(21)14-10-8-7-9-11-14)24-20(13(2)3)17(18,4)5/h7-11,13H,6,12H2,1-5H3/t18-,19-/m0/s1. The second-order valence-electron chi connectivity index (χ2n) is 7.39. The molecule has 0 aromatic heterocycles. The van der Waals surface area contributed by atoms with E-state index in [2.05, 4.69) is 0 Å². The van der Waals surface area contributed by atoms with Crippen molar-refractivity contribution < 1.29 is 19.2 Å². The molecule has 0 bridgehead atoms. The number of Topliss-reactive ketones (excluding diaryl/α,β-unsaturated/α-hetero) is 1. The molecular formula is C19H25NO4. The molecule has 5 heteroatoms. The van der Waals surface area contributed by atoms with Crippen molar-refractivity contribution in [3.05, 3.63) is 35.9 Å². The maximum atomic E-state index is 13.2. The van der Waals surface area contributed by atoms with Crippen LogP contribution in [0.15, 0.2) is 30.3 Å². The van der Waals surface area contributed by atoms with Crippen LogP contribution < -0.4 is 0 Å². The first-order chi connectivity index (χ1) is 11.2. The van der Waals surface area contributed by atoms with Gasteiger partial charge in [-0.05, 0) is 34.6 Å². The van der Waals surface area contributed by atoms with E-state index in [1.807, 2.05) is 45.9 Å². The average Bonchev–Trinajstić information content (AvgIpc) is 3.19. The Balaban J connectivity index is 2.07. The molecule has 1 aliphatic heterocycles. The van der Waals surface area contributed by atoms with E-state index in [-0.39, 0.29) is 24.4 Å². The molecule has 1 aromatic carbocycles. The van der Waals surface area contributed by atoms with Crippen molar-refractivity contribution in [1.29, 1.82) is 0 Å². The van der Waals surface area contributed by atoms with Gasteiger partial charge in [-0.1, -0.05) is 30.3 Å². The molecule has 2 fully saturated rings. The SMILES string of the molecule is CCOC(=O)[C@]12C[C@@]1(C(=O)c1ccccc1)ON(C(C)C)C2(C)C. The van der Waals surface area contributed by atoms with Gasteiger partial charge in [0.2, 0.25) is 0 Å². The monoisotopic (exact) mass is 331 g/mol. The van der Waals surface area contributed by atoms with E-state index in [1.54, 1.807) is 24.1 Å². The molecule has 24 heavy (non-hydrogen) atoms. The molecule has 1 saturated carbocycles. The Kier molecular flexibility index (Phi) is 3.85. The lowest BCUT2D eigenvalue weighted by molar-refractivity contribution is -0.221. The lowest BCUT2D eigenvalue weighted by atomic mass is 9.79. The summed E-state index contributed by atoms with van der Waals surface area (Å²) in [6, 6.07) is 9.07. The minimum atomic E-state index is -1.16. The smallest absolute Gasteiger partial charge is 0.317 e. The predicted molar refractivity (Wildman–Crippen MR) is 89.3 cm³/mol. The number of nitrogens with zero attached hydrogens (tertiary/aromatic N) is 1. The summed E-state index contributed by atoms with van der Waals surface area (Å²) in [5, 5.41) is 1.79. The summed E-state index contributed by atoms with van der Waals surface area (Å²) in [6.45, 7) is 9.96. The Morgan fingerprint density at radius 2 is 1.88 bits per heavy atom. The minimum Gasteiger partial charge on any atom is -0.465 e. The molecule has 1 aromatic rings. The highest BCUT2D eigenvalue weighted by Crippen LogP contribution is 2.73. The zero-order valence-electron chi connectivity index (χ0n) is 15.0. The molecule has 1 saturated heterocycles. The minimum absolute atomic E-state index is 0.0412. The predicted octanol–water partition coefficient (Wildman–Crippen LogP) is 3.00. The first kappa shape index (κ1) is 17.1. The molecule has 130 valence electrons. The fraction of sp³-hybridized carbons (Fsp3) is 0.579. The molecule has 5 nitrogen and oxygen atoms in total. The maximum Gasteiger partial charge on any atom is 0.317 e. The first-order valence-corrected chi connectivity index (χ1v) is 8.50. The molecular weight excluding hydrogens is 306 g/mol. The number of hydrogen-bond donors (Lipinski definition) is 0. The van der Waals surface area contributed by atoms with Gasteiger partial charge in [0.1, 0.15) is 5.41 Å². The largest absolute Gasteiger partial charge is 0.465 e. The van der Waals surface area contributed by atoms with Crippen LogP contribution in [-0.2, 0) is 14.4 Å². The quantitative estimate of drug-likeness (QED) is 0.613. The van der Waals surface area contributed by atoms with Crippen LogP contribution in [0.5, 0.6) is 0 Å². The summed E-state index contributed by atoms with van der Waals surface area (Å²) in [4.78, 5) is 32.2. The average molecular weight is 331 g/mol. The molecule has 1 heterocycles.